The van der Waals surface area contributed by atoms with E-state index < -0.39 is 33.6 Å². The molecule has 4 heterocycles. The summed E-state index contributed by atoms with van der Waals surface area (Å²) in [5, 5.41) is 2.78. The van der Waals surface area contributed by atoms with Crippen molar-refractivity contribution >= 4 is 35.3 Å². The summed E-state index contributed by atoms with van der Waals surface area (Å²) in [6, 6.07) is 31.3. The summed E-state index contributed by atoms with van der Waals surface area (Å²) >= 11 is 0. The van der Waals surface area contributed by atoms with Gasteiger partial charge in [0.1, 0.15) is 0 Å². The van der Waals surface area contributed by atoms with Crippen LogP contribution < -0.4 is 5.19 Å². The fourth-order valence-corrected chi connectivity index (χ4v) is 7.78. The van der Waals surface area contributed by atoms with Crippen LogP contribution in [0.2, 0.25) is 19.6 Å². The Balaban J connectivity index is 0.000000255. The van der Waals surface area contributed by atoms with Crippen LogP contribution in [0.1, 0.15) is 65.1 Å². The van der Waals surface area contributed by atoms with E-state index >= 15 is 0 Å². The molecule has 7 rings (SSSR count). The Morgan fingerprint density at radius 1 is 0.736 bits per heavy atom. The zero-order valence-corrected chi connectivity index (χ0v) is 35.3. The van der Waals surface area contributed by atoms with Crippen molar-refractivity contribution in [3.8, 4) is 33.8 Å². The molecule has 6 heteroatoms. The molecule has 0 aliphatic heterocycles. The first-order valence-electron chi connectivity index (χ1n) is 21.3. The minimum atomic E-state index is -2.49. The molecule has 0 aliphatic carbocycles. The first-order valence-corrected chi connectivity index (χ1v) is 21.3. The maximum absolute atomic E-state index is 8.64. The normalized spacial score (nSPS) is 14.3. The summed E-state index contributed by atoms with van der Waals surface area (Å²) in [5.74, 6) is -0.528. The average molecular weight is 901 g/mol. The predicted molar refractivity (Wildman–Crippen MR) is 222 cm³/mol. The van der Waals surface area contributed by atoms with E-state index in [1.807, 2.05) is 74.6 Å². The molecule has 53 heavy (non-hydrogen) atoms. The average Bonchev–Trinajstić information content (AvgIpc) is 3.55. The smallest absolute Gasteiger partial charge is 0.216 e. The molecule has 0 saturated heterocycles. The number of aromatic nitrogens is 3. The van der Waals surface area contributed by atoms with Crippen LogP contribution in [0, 0.1) is 44.7 Å². The van der Waals surface area contributed by atoms with Gasteiger partial charge in [-0.25, -0.2) is 4.98 Å². The zero-order chi connectivity index (χ0) is 43.2. The van der Waals surface area contributed by atoms with E-state index in [1.54, 1.807) is 19.9 Å². The molecule has 275 valence electrons. The molecular formula is C47H51IrN3OSi-2. The molecule has 0 spiro atoms. The van der Waals surface area contributed by atoms with Crippen molar-refractivity contribution in [1.29, 1.82) is 0 Å². The zero-order valence-electron chi connectivity index (χ0n) is 38.9. The number of nitrogens with zero attached hydrogens (tertiary/aromatic N) is 3. The topological polar surface area (TPSA) is 51.8 Å². The number of aryl methyl sites for hydroxylation is 3. The van der Waals surface area contributed by atoms with Crippen LogP contribution in [-0.2, 0) is 32.9 Å². The van der Waals surface area contributed by atoms with Gasteiger partial charge in [-0.1, -0.05) is 99.7 Å². The van der Waals surface area contributed by atoms with Crippen LogP contribution in [0.4, 0.5) is 0 Å². The Kier molecular flexibility index (Phi) is 9.90. The Bertz CT molecular complexity index is 2620. The predicted octanol–water partition coefficient (Wildman–Crippen LogP) is 11.9. The van der Waals surface area contributed by atoms with Crippen molar-refractivity contribution in [3.63, 3.8) is 0 Å². The molecule has 7 aromatic rings. The summed E-state index contributed by atoms with van der Waals surface area (Å²) in [7, 11) is -1.67. The van der Waals surface area contributed by atoms with Crippen LogP contribution in [0.25, 0.3) is 55.8 Å². The molecule has 4 aromatic heterocycles. The van der Waals surface area contributed by atoms with Gasteiger partial charge < -0.3 is 14.4 Å². The van der Waals surface area contributed by atoms with E-state index in [0.29, 0.717) is 22.6 Å². The van der Waals surface area contributed by atoms with Crippen LogP contribution in [0.5, 0.6) is 0 Å². The van der Waals surface area contributed by atoms with Gasteiger partial charge in [0.05, 0.1) is 19.4 Å². The number of pyridine rings is 3. The van der Waals surface area contributed by atoms with Crippen molar-refractivity contribution in [2.24, 2.45) is 11.8 Å². The third kappa shape index (κ3) is 9.12. The van der Waals surface area contributed by atoms with E-state index in [4.69, 9.17) is 19.0 Å². The van der Waals surface area contributed by atoms with E-state index in [-0.39, 0.29) is 37.2 Å². The number of hydrogen-bond acceptors (Lipinski definition) is 4. The van der Waals surface area contributed by atoms with E-state index in [0.717, 1.165) is 55.2 Å². The molecule has 0 fully saturated rings. The molecule has 0 N–H and O–H groups in total. The fraction of sp³-hybridized carbons (Fsp3) is 0.298. The second-order valence-corrected chi connectivity index (χ2v) is 19.9. The van der Waals surface area contributed by atoms with Crippen molar-refractivity contribution in [2.45, 2.75) is 80.8 Å². The number of rotatable bonds is 8. The van der Waals surface area contributed by atoms with Gasteiger partial charge in [-0.15, -0.1) is 54.1 Å². The Labute approximate surface area is 340 Å². The number of furan rings is 1. The summed E-state index contributed by atoms with van der Waals surface area (Å²) in [4.78, 5) is 13.8. The molecule has 0 saturated carbocycles. The standard InChI is InChI=1S/C29H27N2O.C18H24NSi.Ir/c1-17(2)14-21-15-26(30-16-20(21)5)24-11-7-10-22-23-12-13-25(31-29(23)32-28(22)24)27-18(3)8-6-9-19(27)4;1-14(2)11-16-12-17(15-9-7-6-8-10-15)19-13-18(16)20(3,4)5;/h6-10,12-13,15-17H,14H2,1-5H3;6-9,12-14H,11H2,1-5H3;/q2*-1;/i5D3,14D2;11D2;. The van der Waals surface area contributed by atoms with Gasteiger partial charge in [0, 0.05) is 53.0 Å². The molecule has 4 nitrogen and oxygen atoms in total. The fourth-order valence-electron chi connectivity index (χ4n) is 6.38. The molecule has 0 atom stereocenters. The summed E-state index contributed by atoms with van der Waals surface area (Å²) < 4.78 is 64.4. The van der Waals surface area contributed by atoms with E-state index in [2.05, 4.69) is 67.7 Å². The van der Waals surface area contributed by atoms with E-state index in [9.17, 15) is 0 Å². The number of hydrogen-bond donors (Lipinski definition) is 0. The second-order valence-electron chi connectivity index (χ2n) is 14.9. The third-order valence-corrected chi connectivity index (χ3v) is 10.8. The first-order chi connectivity index (χ1) is 27.5. The van der Waals surface area contributed by atoms with Gasteiger partial charge in [-0.05, 0) is 90.7 Å². The Morgan fingerprint density at radius 3 is 2.09 bits per heavy atom. The van der Waals surface area contributed by atoms with Gasteiger partial charge in [0.2, 0.25) is 5.71 Å². The third-order valence-electron chi connectivity index (χ3n) is 8.78. The van der Waals surface area contributed by atoms with Crippen LogP contribution in [0.3, 0.4) is 0 Å². The Hall–Kier alpha value is -4.22. The molecule has 0 aliphatic rings. The van der Waals surface area contributed by atoms with Crippen LogP contribution in [-0.4, -0.2) is 23.0 Å². The van der Waals surface area contributed by atoms with Crippen molar-refractivity contribution in [1.82, 2.24) is 15.0 Å². The number of fused-ring (bicyclic) bond motifs is 3. The maximum Gasteiger partial charge on any atom is 0.216 e. The van der Waals surface area contributed by atoms with E-state index in [1.165, 1.54) is 12.3 Å². The quantitative estimate of drug-likeness (QED) is 0.113. The maximum atomic E-state index is 8.64. The monoisotopic (exact) mass is 901 g/mol. The minimum Gasteiger partial charge on any atom is -0.486 e. The van der Waals surface area contributed by atoms with Gasteiger partial charge in [-0.3, -0.25) is 0 Å². The van der Waals surface area contributed by atoms with Crippen LogP contribution >= 0.6 is 0 Å². The summed E-state index contributed by atoms with van der Waals surface area (Å²) in [6.07, 6.45) is -0.0877. The molecule has 0 unspecified atom stereocenters. The minimum absolute atomic E-state index is 0. The van der Waals surface area contributed by atoms with Gasteiger partial charge in [0.25, 0.3) is 0 Å². The molecule has 1 radical (unpaired) electrons. The van der Waals surface area contributed by atoms with Crippen molar-refractivity contribution in [3.05, 3.63) is 131 Å². The largest absolute Gasteiger partial charge is 0.486 e. The van der Waals surface area contributed by atoms with Crippen molar-refractivity contribution in [2.75, 3.05) is 0 Å². The molecule has 3 aromatic carbocycles. The van der Waals surface area contributed by atoms with Crippen LogP contribution in [0.15, 0.2) is 95.7 Å². The van der Waals surface area contributed by atoms with Crippen molar-refractivity contribution < 1.29 is 34.1 Å². The molecule has 0 amide bonds. The summed E-state index contributed by atoms with van der Waals surface area (Å²) in [5.41, 5.74) is 8.58. The second kappa shape index (κ2) is 16.8. The van der Waals surface area contributed by atoms with Gasteiger partial charge >= 0.3 is 0 Å². The first kappa shape index (κ1) is 31.2. The molecular weight excluding hydrogens is 843 g/mol. The SMILES string of the molecule is [2H]C([2H])([2H])c1cnc(-c2[c-]ccc3c2oc2nc(-c4c(C)cccc4C)ccc23)cc1C([2H])([2H])C(C)C.[2H]C([2H])(c1cc(-c2[c-]cccc2)ncc1[Si](C)(C)C)C(C)C.[Ir]. The Morgan fingerprint density at radius 2 is 1.43 bits per heavy atom. The summed E-state index contributed by atoms with van der Waals surface area (Å²) in [6.45, 7) is 15.7. The molecule has 0 bridgehead atoms. The number of benzene rings is 3. The van der Waals surface area contributed by atoms with Gasteiger partial charge in [-0.2, -0.15) is 0 Å². The van der Waals surface area contributed by atoms with Gasteiger partial charge in [0.15, 0.2) is 0 Å².